The van der Waals surface area contributed by atoms with E-state index < -0.39 is 4.92 Å². The number of nitro benzene ring substituents is 1. The smallest absolute Gasteiger partial charge is 0.269 e. The van der Waals surface area contributed by atoms with Crippen LogP contribution in [0.1, 0.15) is 37.7 Å². The number of nitro groups is 1. The van der Waals surface area contributed by atoms with Crippen molar-refractivity contribution in [2.24, 2.45) is 5.92 Å². The Hall–Kier alpha value is -1.71. The van der Waals surface area contributed by atoms with Gasteiger partial charge in [0, 0.05) is 25.0 Å². The SMILES string of the molecule is O=C(Cc1ccc([N+](=O)[O-])cc1)CC1CCCC1. The number of benzene rings is 1. The molecular weight excluding hydrogens is 230 g/mol. The fraction of sp³-hybridized carbons (Fsp3) is 0.500. The van der Waals surface area contributed by atoms with Crippen molar-refractivity contribution >= 4 is 11.5 Å². The summed E-state index contributed by atoms with van der Waals surface area (Å²) in [4.78, 5) is 21.9. The predicted octanol–water partition coefficient (Wildman–Crippen LogP) is 3.29. The Morgan fingerprint density at radius 3 is 2.39 bits per heavy atom. The number of ketones is 1. The molecule has 1 aromatic rings. The summed E-state index contributed by atoms with van der Waals surface area (Å²) in [5, 5.41) is 10.5. The Morgan fingerprint density at radius 2 is 1.83 bits per heavy atom. The van der Waals surface area contributed by atoms with Gasteiger partial charge in [0.25, 0.3) is 5.69 Å². The highest BCUT2D eigenvalue weighted by atomic mass is 16.6. The van der Waals surface area contributed by atoms with Crippen molar-refractivity contribution in [3.8, 4) is 0 Å². The molecule has 1 aliphatic carbocycles. The Morgan fingerprint density at radius 1 is 1.22 bits per heavy atom. The van der Waals surface area contributed by atoms with Gasteiger partial charge in [-0.05, 0) is 11.5 Å². The summed E-state index contributed by atoms with van der Waals surface area (Å²) in [5.41, 5.74) is 0.936. The number of non-ortho nitro benzene ring substituents is 1. The molecule has 0 radical (unpaired) electrons. The monoisotopic (exact) mass is 247 g/mol. The zero-order valence-electron chi connectivity index (χ0n) is 10.3. The van der Waals surface area contributed by atoms with E-state index in [2.05, 4.69) is 0 Å². The molecule has 4 nitrogen and oxygen atoms in total. The third kappa shape index (κ3) is 3.39. The van der Waals surface area contributed by atoms with Crippen molar-refractivity contribution in [3.05, 3.63) is 39.9 Å². The lowest BCUT2D eigenvalue weighted by atomic mass is 9.97. The van der Waals surface area contributed by atoms with Gasteiger partial charge in [-0.1, -0.05) is 37.8 Å². The second-order valence-corrected chi connectivity index (χ2v) is 4.99. The van der Waals surface area contributed by atoms with Crippen molar-refractivity contribution in [1.29, 1.82) is 0 Å². The van der Waals surface area contributed by atoms with Crippen molar-refractivity contribution in [2.45, 2.75) is 38.5 Å². The molecule has 1 aliphatic rings. The van der Waals surface area contributed by atoms with Crippen LogP contribution in [-0.2, 0) is 11.2 Å². The largest absolute Gasteiger partial charge is 0.299 e. The average Bonchev–Trinajstić information content (AvgIpc) is 2.82. The van der Waals surface area contributed by atoms with Crippen LogP contribution < -0.4 is 0 Å². The van der Waals surface area contributed by atoms with E-state index in [-0.39, 0.29) is 11.5 Å². The first-order valence-corrected chi connectivity index (χ1v) is 6.40. The van der Waals surface area contributed by atoms with Gasteiger partial charge in [-0.25, -0.2) is 0 Å². The molecule has 0 saturated heterocycles. The summed E-state index contributed by atoms with van der Waals surface area (Å²) < 4.78 is 0. The Bertz CT molecular complexity index is 433. The highest BCUT2D eigenvalue weighted by Gasteiger charge is 2.18. The van der Waals surface area contributed by atoms with Gasteiger partial charge >= 0.3 is 0 Å². The minimum absolute atomic E-state index is 0.0713. The quantitative estimate of drug-likeness (QED) is 0.592. The minimum Gasteiger partial charge on any atom is -0.299 e. The molecule has 4 heteroatoms. The molecule has 0 aliphatic heterocycles. The molecule has 0 amide bonds. The molecule has 0 spiro atoms. The van der Waals surface area contributed by atoms with Gasteiger partial charge in [-0.2, -0.15) is 0 Å². The Labute approximate surface area is 106 Å². The van der Waals surface area contributed by atoms with Crippen molar-refractivity contribution in [1.82, 2.24) is 0 Å². The number of carbonyl (C=O) groups excluding carboxylic acids is 1. The highest BCUT2D eigenvalue weighted by molar-refractivity contribution is 5.81. The van der Waals surface area contributed by atoms with E-state index in [1.165, 1.54) is 37.8 Å². The molecule has 1 aromatic carbocycles. The molecule has 0 heterocycles. The molecule has 0 aromatic heterocycles. The van der Waals surface area contributed by atoms with E-state index in [4.69, 9.17) is 0 Å². The van der Waals surface area contributed by atoms with Crippen LogP contribution in [0.25, 0.3) is 0 Å². The van der Waals surface area contributed by atoms with Gasteiger partial charge in [0.05, 0.1) is 4.92 Å². The van der Waals surface area contributed by atoms with Crippen LogP contribution in [0.2, 0.25) is 0 Å². The van der Waals surface area contributed by atoms with Crippen LogP contribution in [0.3, 0.4) is 0 Å². The van der Waals surface area contributed by atoms with Gasteiger partial charge in [-0.3, -0.25) is 14.9 Å². The average molecular weight is 247 g/mol. The van der Waals surface area contributed by atoms with Gasteiger partial charge in [0.15, 0.2) is 0 Å². The maximum atomic E-state index is 11.9. The molecule has 1 saturated carbocycles. The summed E-state index contributed by atoms with van der Waals surface area (Å²) in [6, 6.07) is 6.26. The topological polar surface area (TPSA) is 60.2 Å². The van der Waals surface area contributed by atoms with Crippen LogP contribution >= 0.6 is 0 Å². The van der Waals surface area contributed by atoms with Crippen LogP contribution in [-0.4, -0.2) is 10.7 Å². The number of carbonyl (C=O) groups is 1. The molecule has 0 unspecified atom stereocenters. The van der Waals surface area contributed by atoms with Crippen LogP contribution in [0.5, 0.6) is 0 Å². The second kappa shape index (κ2) is 5.76. The van der Waals surface area contributed by atoms with E-state index >= 15 is 0 Å². The summed E-state index contributed by atoms with van der Waals surface area (Å²) in [6.45, 7) is 0. The number of Topliss-reactive ketones (excluding diaryl/α,β-unsaturated/α-hetero) is 1. The summed E-state index contributed by atoms with van der Waals surface area (Å²) in [5.74, 6) is 0.811. The molecule has 2 rings (SSSR count). The highest BCUT2D eigenvalue weighted by Crippen LogP contribution is 2.28. The van der Waals surface area contributed by atoms with Crippen LogP contribution in [0.15, 0.2) is 24.3 Å². The molecule has 1 fully saturated rings. The van der Waals surface area contributed by atoms with Crippen LogP contribution in [0, 0.1) is 16.0 Å². The second-order valence-electron chi connectivity index (χ2n) is 4.99. The predicted molar refractivity (Wildman–Crippen MR) is 68.4 cm³/mol. The minimum atomic E-state index is -0.426. The fourth-order valence-electron chi connectivity index (χ4n) is 2.57. The molecular formula is C14H17NO3. The van der Waals surface area contributed by atoms with Crippen LogP contribution in [0.4, 0.5) is 5.69 Å². The number of hydrogen-bond acceptors (Lipinski definition) is 3. The maximum absolute atomic E-state index is 11.9. The van der Waals surface area contributed by atoms with E-state index in [9.17, 15) is 14.9 Å². The number of nitrogens with zero attached hydrogens (tertiary/aromatic N) is 1. The maximum Gasteiger partial charge on any atom is 0.269 e. The lowest BCUT2D eigenvalue weighted by molar-refractivity contribution is -0.384. The Kier molecular flexibility index (Phi) is 4.07. The molecule has 96 valence electrons. The Balaban J connectivity index is 1.88. The van der Waals surface area contributed by atoms with Gasteiger partial charge in [-0.15, -0.1) is 0 Å². The first-order chi connectivity index (χ1) is 8.65. The normalized spacial score (nSPS) is 15.8. The van der Waals surface area contributed by atoms with Crippen molar-refractivity contribution < 1.29 is 9.72 Å². The molecule has 18 heavy (non-hydrogen) atoms. The lowest BCUT2D eigenvalue weighted by Crippen LogP contribution is -2.08. The zero-order valence-corrected chi connectivity index (χ0v) is 10.3. The first-order valence-electron chi connectivity index (χ1n) is 6.40. The summed E-state index contributed by atoms with van der Waals surface area (Å²) in [6.07, 6.45) is 5.90. The molecule has 0 N–H and O–H groups in total. The molecule has 0 bridgehead atoms. The van der Waals surface area contributed by atoms with Gasteiger partial charge in [0.2, 0.25) is 0 Å². The first kappa shape index (κ1) is 12.7. The number of rotatable bonds is 5. The lowest BCUT2D eigenvalue weighted by Gasteiger charge is -2.07. The third-order valence-corrected chi connectivity index (χ3v) is 3.54. The van der Waals surface area contributed by atoms with Gasteiger partial charge < -0.3 is 0 Å². The fourth-order valence-corrected chi connectivity index (χ4v) is 2.57. The van der Waals surface area contributed by atoms with Crippen molar-refractivity contribution in [2.75, 3.05) is 0 Å². The van der Waals surface area contributed by atoms with E-state index in [1.54, 1.807) is 12.1 Å². The third-order valence-electron chi connectivity index (χ3n) is 3.54. The summed E-state index contributed by atoms with van der Waals surface area (Å²) >= 11 is 0. The number of hydrogen-bond donors (Lipinski definition) is 0. The van der Waals surface area contributed by atoms with Gasteiger partial charge in [0.1, 0.15) is 5.78 Å². The van der Waals surface area contributed by atoms with E-state index in [1.807, 2.05) is 0 Å². The van der Waals surface area contributed by atoms with Crippen molar-refractivity contribution in [3.63, 3.8) is 0 Å². The molecule has 0 atom stereocenters. The van der Waals surface area contributed by atoms with E-state index in [0.717, 1.165) is 5.56 Å². The van der Waals surface area contributed by atoms with E-state index in [0.29, 0.717) is 18.8 Å². The zero-order chi connectivity index (χ0) is 13.0. The standard InChI is InChI=1S/C14H17NO3/c16-14(9-11-3-1-2-4-11)10-12-5-7-13(8-6-12)15(17)18/h5-8,11H,1-4,9-10H2. The summed E-state index contributed by atoms with van der Waals surface area (Å²) in [7, 11) is 0.